The lowest BCUT2D eigenvalue weighted by molar-refractivity contribution is 0.355. The number of hydrogen-bond acceptors (Lipinski definition) is 3. The molecule has 0 saturated heterocycles. The summed E-state index contributed by atoms with van der Waals surface area (Å²) in [4.78, 5) is 7.34. The van der Waals surface area contributed by atoms with Crippen LogP contribution in [-0.4, -0.2) is 19.7 Å². The summed E-state index contributed by atoms with van der Waals surface area (Å²) < 4.78 is 1.99. The zero-order valence-electron chi connectivity index (χ0n) is 11.4. The van der Waals surface area contributed by atoms with Crippen molar-refractivity contribution in [2.45, 2.75) is 45.8 Å². The smallest absolute Gasteiger partial charge is 0.122 e. The molecule has 2 rings (SSSR count). The minimum atomic E-state index is 0.0326. The number of nitrogens with zero attached hydrogens (tertiary/aromatic N) is 3. The fraction of sp³-hybridized carbons (Fsp3) is 0.538. The number of hydrogen-bond donors (Lipinski definition) is 2. The molecule has 0 aliphatic carbocycles. The Bertz CT molecular complexity index is 478. The molecule has 0 fully saturated rings. The molecular weight excluding hydrogens is 226 g/mol. The van der Waals surface area contributed by atoms with Gasteiger partial charge in [-0.25, -0.2) is 4.98 Å². The highest BCUT2D eigenvalue weighted by molar-refractivity contribution is 5.06. The molecule has 2 aromatic heterocycles. The van der Waals surface area contributed by atoms with E-state index in [0.29, 0.717) is 0 Å². The van der Waals surface area contributed by atoms with E-state index in [1.165, 1.54) is 5.56 Å². The third-order valence-corrected chi connectivity index (χ3v) is 2.87. The first-order chi connectivity index (χ1) is 8.47. The normalized spacial score (nSPS) is 13.8. The number of aromatic nitrogens is 4. The summed E-state index contributed by atoms with van der Waals surface area (Å²) in [6.45, 7) is 9.30. The van der Waals surface area contributed by atoms with Crippen LogP contribution >= 0.6 is 0 Å². The van der Waals surface area contributed by atoms with Crippen molar-refractivity contribution in [3.05, 3.63) is 36.2 Å². The summed E-state index contributed by atoms with van der Waals surface area (Å²) in [6.07, 6.45) is 7.60. The van der Waals surface area contributed by atoms with E-state index in [2.05, 4.69) is 54.3 Å². The van der Waals surface area contributed by atoms with Gasteiger partial charge in [-0.2, -0.15) is 5.10 Å². The second kappa shape index (κ2) is 4.94. The Hall–Kier alpha value is -1.62. The van der Waals surface area contributed by atoms with Crippen molar-refractivity contribution in [1.29, 1.82) is 0 Å². The van der Waals surface area contributed by atoms with E-state index >= 15 is 0 Å². The molecular formula is C13H21N5. The molecule has 2 heterocycles. The fourth-order valence-electron chi connectivity index (χ4n) is 1.70. The second-order valence-electron chi connectivity index (χ2n) is 5.54. The average Bonchev–Trinajstić information content (AvgIpc) is 2.96. The number of nitrogens with one attached hydrogen (secondary N) is 2. The molecule has 0 aliphatic heterocycles. The van der Waals surface area contributed by atoms with Crippen LogP contribution in [-0.2, 0) is 12.1 Å². The SMILES string of the molecule is CC(NCc1cnn(C(C)(C)C)c1)c1ncc[nH]1. The second-order valence-corrected chi connectivity index (χ2v) is 5.54. The van der Waals surface area contributed by atoms with E-state index in [0.717, 1.165) is 12.4 Å². The third kappa shape index (κ3) is 2.98. The molecule has 5 heteroatoms. The highest BCUT2D eigenvalue weighted by Crippen LogP contribution is 2.14. The van der Waals surface area contributed by atoms with Crippen LogP contribution in [0.4, 0.5) is 0 Å². The van der Waals surface area contributed by atoms with Crippen molar-refractivity contribution in [3.8, 4) is 0 Å². The van der Waals surface area contributed by atoms with Crippen molar-refractivity contribution in [3.63, 3.8) is 0 Å². The summed E-state index contributed by atoms with van der Waals surface area (Å²) >= 11 is 0. The van der Waals surface area contributed by atoms with Gasteiger partial charge in [-0.15, -0.1) is 0 Å². The van der Waals surface area contributed by atoms with Crippen molar-refractivity contribution in [2.75, 3.05) is 0 Å². The molecule has 0 radical (unpaired) electrons. The first-order valence-electron chi connectivity index (χ1n) is 6.23. The quantitative estimate of drug-likeness (QED) is 0.871. The Morgan fingerprint density at radius 3 is 2.78 bits per heavy atom. The number of H-pyrrole nitrogens is 1. The monoisotopic (exact) mass is 247 g/mol. The van der Waals surface area contributed by atoms with Gasteiger partial charge in [0.25, 0.3) is 0 Å². The van der Waals surface area contributed by atoms with E-state index < -0.39 is 0 Å². The molecule has 1 unspecified atom stereocenters. The maximum Gasteiger partial charge on any atom is 0.122 e. The molecule has 0 spiro atoms. The summed E-state index contributed by atoms with van der Waals surface area (Å²) in [5.74, 6) is 0.957. The highest BCUT2D eigenvalue weighted by atomic mass is 15.3. The molecule has 0 amide bonds. The molecule has 5 nitrogen and oxygen atoms in total. The molecule has 1 atom stereocenters. The predicted octanol–water partition coefficient (Wildman–Crippen LogP) is 2.21. The van der Waals surface area contributed by atoms with Gasteiger partial charge in [-0.05, 0) is 27.7 Å². The van der Waals surface area contributed by atoms with Gasteiger partial charge in [0.2, 0.25) is 0 Å². The van der Waals surface area contributed by atoms with Crippen LogP contribution in [0.15, 0.2) is 24.8 Å². The van der Waals surface area contributed by atoms with Crippen LogP contribution < -0.4 is 5.32 Å². The van der Waals surface area contributed by atoms with Crippen molar-refractivity contribution >= 4 is 0 Å². The number of rotatable bonds is 4. The van der Waals surface area contributed by atoms with E-state index in [-0.39, 0.29) is 11.6 Å². The summed E-state index contributed by atoms with van der Waals surface area (Å²) in [5, 5.41) is 7.80. The van der Waals surface area contributed by atoms with E-state index in [1.807, 2.05) is 17.1 Å². The van der Waals surface area contributed by atoms with Crippen LogP contribution in [0.3, 0.4) is 0 Å². The lowest BCUT2D eigenvalue weighted by Gasteiger charge is -2.18. The number of aromatic amines is 1. The summed E-state index contributed by atoms with van der Waals surface area (Å²) in [5.41, 5.74) is 1.22. The zero-order chi connectivity index (χ0) is 13.2. The Morgan fingerprint density at radius 1 is 1.44 bits per heavy atom. The Morgan fingerprint density at radius 2 is 2.22 bits per heavy atom. The molecule has 0 aromatic carbocycles. The standard InChI is InChI=1S/C13H21N5/c1-10(12-14-5-6-15-12)16-7-11-8-17-18(9-11)13(2,3)4/h5-6,8-10,16H,7H2,1-4H3,(H,14,15). The van der Waals surface area contributed by atoms with Gasteiger partial charge < -0.3 is 10.3 Å². The number of imidazole rings is 1. The maximum atomic E-state index is 4.38. The van der Waals surface area contributed by atoms with Crippen LogP contribution in [0.5, 0.6) is 0 Å². The summed E-state index contributed by atoms with van der Waals surface area (Å²) in [6, 6.07) is 0.206. The Labute approximate surface area is 108 Å². The minimum absolute atomic E-state index is 0.0326. The average molecular weight is 247 g/mol. The van der Waals surface area contributed by atoms with Gasteiger partial charge in [0.1, 0.15) is 5.82 Å². The van der Waals surface area contributed by atoms with Crippen LogP contribution in [0.2, 0.25) is 0 Å². The Balaban J connectivity index is 1.93. The van der Waals surface area contributed by atoms with Crippen molar-refractivity contribution in [2.24, 2.45) is 0 Å². The van der Waals surface area contributed by atoms with Gasteiger partial charge >= 0.3 is 0 Å². The van der Waals surface area contributed by atoms with Crippen LogP contribution in [0.25, 0.3) is 0 Å². The fourth-order valence-corrected chi connectivity index (χ4v) is 1.70. The van der Waals surface area contributed by atoms with E-state index in [4.69, 9.17) is 0 Å². The molecule has 98 valence electrons. The molecule has 0 bridgehead atoms. The first-order valence-corrected chi connectivity index (χ1v) is 6.23. The largest absolute Gasteiger partial charge is 0.347 e. The molecule has 18 heavy (non-hydrogen) atoms. The zero-order valence-corrected chi connectivity index (χ0v) is 11.4. The van der Waals surface area contributed by atoms with Gasteiger partial charge in [0.05, 0.1) is 17.8 Å². The minimum Gasteiger partial charge on any atom is -0.347 e. The molecule has 0 saturated carbocycles. The van der Waals surface area contributed by atoms with Crippen molar-refractivity contribution < 1.29 is 0 Å². The predicted molar refractivity (Wildman–Crippen MR) is 71.1 cm³/mol. The van der Waals surface area contributed by atoms with Gasteiger partial charge in [-0.3, -0.25) is 4.68 Å². The molecule has 2 N–H and O–H groups in total. The van der Waals surface area contributed by atoms with E-state index in [1.54, 1.807) is 6.20 Å². The van der Waals surface area contributed by atoms with Crippen molar-refractivity contribution in [1.82, 2.24) is 25.1 Å². The Kier molecular flexibility index (Phi) is 3.52. The lowest BCUT2D eigenvalue weighted by Crippen LogP contribution is -2.22. The van der Waals surface area contributed by atoms with Gasteiger partial charge in [0, 0.05) is 30.7 Å². The van der Waals surface area contributed by atoms with Gasteiger partial charge in [-0.1, -0.05) is 0 Å². The van der Waals surface area contributed by atoms with Gasteiger partial charge in [0.15, 0.2) is 0 Å². The summed E-state index contributed by atoms with van der Waals surface area (Å²) in [7, 11) is 0. The topological polar surface area (TPSA) is 58.5 Å². The molecule has 0 aliphatic rings. The third-order valence-electron chi connectivity index (χ3n) is 2.87. The first kappa shape index (κ1) is 12.8. The lowest BCUT2D eigenvalue weighted by atomic mass is 10.1. The highest BCUT2D eigenvalue weighted by Gasteiger charge is 2.14. The maximum absolute atomic E-state index is 4.38. The van der Waals surface area contributed by atoms with Crippen LogP contribution in [0.1, 0.15) is 45.1 Å². The van der Waals surface area contributed by atoms with Crippen LogP contribution in [0, 0.1) is 0 Å². The van der Waals surface area contributed by atoms with E-state index in [9.17, 15) is 0 Å². The molecule has 2 aromatic rings.